The van der Waals surface area contributed by atoms with Crippen LogP contribution in [0, 0.1) is 0 Å². The van der Waals surface area contributed by atoms with Gasteiger partial charge in [-0.3, -0.25) is 0 Å². The lowest BCUT2D eigenvalue weighted by Gasteiger charge is -2.20. The van der Waals surface area contributed by atoms with Crippen molar-refractivity contribution in [2.75, 3.05) is 17.3 Å². The van der Waals surface area contributed by atoms with Gasteiger partial charge in [-0.1, -0.05) is 30.3 Å². The zero-order valence-electron chi connectivity index (χ0n) is 10.6. The van der Waals surface area contributed by atoms with E-state index in [1.807, 2.05) is 6.07 Å². The summed E-state index contributed by atoms with van der Waals surface area (Å²) < 4.78 is 4.47. The lowest BCUT2D eigenvalue weighted by Crippen LogP contribution is -2.24. The molecule has 2 aromatic rings. The first-order valence-corrected chi connectivity index (χ1v) is 7.86. The molecule has 0 aliphatic heterocycles. The zero-order valence-corrected chi connectivity index (χ0v) is 12.2. The lowest BCUT2D eigenvalue weighted by molar-refractivity contribution is 0.822. The third-order valence-corrected chi connectivity index (χ3v) is 4.17. The van der Waals surface area contributed by atoms with Crippen molar-refractivity contribution in [2.24, 2.45) is 0 Å². The van der Waals surface area contributed by atoms with Gasteiger partial charge in [-0.15, -0.1) is 11.6 Å². The highest BCUT2D eigenvalue weighted by atomic mass is 35.5. The van der Waals surface area contributed by atoms with Gasteiger partial charge in [-0.05, 0) is 18.4 Å². The van der Waals surface area contributed by atoms with Crippen molar-refractivity contribution < 1.29 is 0 Å². The van der Waals surface area contributed by atoms with E-state index in [-0.39, 0.29) is 0 Å². The summed E-state index contributed by atoms with van der Waals surface area (Å²) in [4.78, 5) is 6.88. The third-order valence-electron chi connectivity index (χ3n) is 3.21. The molecule has 1 aromatic heterocycles. The van der Waals surface area contributed by atoms with Crippen molar-refractivity contribution in [3.05, 3.63) is 41.7 Å². The predicted molar refractivity (Wildman–Crippen MR) is 80.1 cm³/mol. The third kappa shape index (κ3) is 3.25. The van der Waals surface area contributed by atoms with Crippen LogP contribution in [0.25, 0.3) is 0 Å². The van der Waals surface area contributed by atoms with Crippen LogP contribution in [0.5, 0.6) is 0 Å². The molecule has 100 valence electrons. The van der Waals surface area contributed by atoms with Crippen molar-refractivity contribution >= 4 is 28.3 Å². The first-order valence-electron chi connectivity index (χ1n) is 6.55. The maximum atomic E-state index is 5.91. The van der Waals surface area contributed by atoms with Gasteiger partial charge in [0.1, 0.15) is 5.82 Å². The summed E-state index contributed by atoms with van der Waals surface area (Å²) in [6.07, 6.45) is 2.48. The molecule has 1 fully saturated rings. The van der Waals surface area contributed by atoms with Gasteiger partial charge < -0.3 is 4.90 Å². The largest absolute Gasteiger partial charge is 0.341 e. The molecule has 0 unspecified atom stereocenters. The highest BCUT2D eigenvalue weighted by Gasteiger charge is 2.28. The Morgan fingerprint density at radius 1 is 1.26 bits per heavy atom. The summed E-state index contributed by atoms with van der Waals surface area (Å²) in [7, 11) is 0. The summed E-state index contributed by atoms with van der Waals surface area (Å²) >= 11 is 7.40. The molecular weight excluding hydrogens is 278 g/mol. The van der Waals surface area contributed by atoms with Crippen LogP contribution in [-0.2, 0) is 6.54 Å². The summed E-state index contributed by atoms with van der Waals surface area (Å²) in [6.45, 7) is 1.64. The van der Waals surface area contributed by atoms with E-state index in [9.17, 15) is 0 Å². The zero-order chi connectivity index (χ0) is 13.1. The Balaban J connectivity index is 1.75. The van der Waals surface area contributed by atoms with Gasteiger partial charge in [-0.25, -0.2) is 4.98 Å². The Morgan fingerprint density at radius 2 is 2.05 bits per heavy atom. The normalized spacial score (nSPS) is 14.6. The average molecular weight is 294 g/mol. The molecule has 19 heavy (non-hydrogen) atoms. The maximum Gasteiger partial charge on any atom is 0.205 e. The number of nitrogens with zero attached hydrogens (tertiary/aromatic N) is 3. The molecule has 1 heterocycles. The number of rotatable bonds is 6. The summed E-state index contributed by atoms with van der Waals surface area (Å²) in [5.41, 5.74) is 1.27. The molecule has 0 bridgehead atoms. The molecule has 0 saturated heterocycles. The minimum absolute atomic E-state index is 0.602. The van der Waals surface area contributed by atoms with Gasteiger partial charge in [0.2, 0.25) is 5.13 Å². The number of hydrogen-bond donors (Lipinski definition) is 0. The van der Waals surface area contributed by atoms with E-state index in [0.29, 0.717) is 11.8 Å². The number of anilines is 1. The molecule has 3 nitrogen and oxygen atoms in total. The van der Waals surface area contributed by atoms with E-state index >= 15 is 0 Å². The second-order valence-electron chi connectivity index (χ2n) is 4.81. The van der Waals surface area contributed by atoms with Gasteiger partial charge in [0.25, 0.3) is 0 Å². The molecule has 0 N–H and O–H groups in total. The first-order chi connectivity index (χ1) is 9.36. The molecule has 1 aliphatic carbocycles. The average Bonchev–Trinajstić information content (AvgIpc) is 3.17. The van der Waals surface area contributed by atoms with Gasteiger partial charge in [0.15, 0.2) is 0 Å². The number of aromatic nitrogens is 2. The van der Waals surface area contributed by atoms with E-state index < -0.39 is 0 Å². The standard InChI is InChI=1S/C14H16ClN3S/c15-8-9-18(10-11-4-2-1-3-5-11)14-16-13(17-19-14)12-6-7-12/h1-5,12H,6-10H2. The summed E-state index contributed by atoms with van der Waals surface area (Å²) in [5, 5.41) is 0.992. The number of benzene rings is 1. The van der Waals surface area contributed by atoms with E-state index in [1.54, 1.807) is 0 Å². The van der Waals surface area contributed by atoms with E-state index in [2.05, 4.69) is 38.5 Å². The Hall–Kier alpha value is -1.13. The molecule has 3 rings (SSSR count). The molecule has 5 heteroatoms. The van der Waals surface area contributed by atoms with Crippen LogP contribution in [0.2, 0.25) is 0 Å². The molecule has 1 saturated carbocycles. The molecule has 0 amide bonds. The second-order valence-corrected chi connectivity index (χ2v) is 5.91. The molecule has 1 aromatic carbocycles. The van der Waals surface area contributed by atoms with Gasteiger partial charge in [0, 0.05) is 36.4 Å². The van der Waals surface area contributed by atoms with Crippen LogP contribution in [0.3, 0.4) is 0 Å². The Labute approximate surface area is 122 Å². The Kier molecular flexibility index (Phi) is 3.99. The van der Waals surface area contributed by atoms with Crippen LogP contribution in [0.15, 0.2) is 30.3 Å². The Bertz CT molecular complexity index is 524. The van der Waals surface area contributed by atoms with Crippen LogP contribution in [-0.4, -0.2) is 21.8 Å². The quantitative estimate of drug-likeness (QED) is 0.761. The lowest BCUT2D eigenvalue weighted by atomic mass is 10.2. The molecule has 0 spiro atoms. The smallest absolute Gasteiger partial charge is 0.205 e. The topological polar surface area (TPSA) is 29.0 Å². The van der Waals surface area contributed by atoms with Crippen molar-refractivity contribution in [1.29, 1.82) is 0 Å². The van der Waals surface area contributed by atoms with E-state index in [0.717, 1.165) is 24.0 Å². The van der Waals surface area contributed by atoms with Crippen LogP contribution >= 0.6 is 23.1 Å². The fraction of sp³-hybridized carbons (Fsp3) is 0.429. The molecular formula is C14H16ClN3S. The van der Waals surface area contributed by atoms with Crippen LogP contribution in [0.4, 0.5) is 5.13 Å². The Morgan fingerprint density at radius 3 is 2.74 bits per heavy atom. The molecule has 0 atom stereocenters. The minimum atomic E-state index is 0.602. The summed E-state index contributed by atoms with van der Waals surface area (Å²) in [5.74, 6) is 2.23. The monoisotopic (exact) mass is 293 g/mol. The number of hydrogen-bond acceptors (Lipinski definition) is 4. The fourth-order valence-electron chi connectivity index (χ4n) is 2.01. The first kappa shape index (κ1) is 12.9. The number of alkyl halides is 1. The highest BCUT2D eigenvalue weighted by molar-refractivity contribution is 7.09. The highest BCUT2D eigenvalue weighted by Crippen LogP contribution is 2.39. The molecule has 0 radical (unpaired) electrons. The fourth-order valence-corrected chi connectivity index (χ4v) is 2.99. The van der Waals surface area contributed by atoms with E-state index in [1.165, 1.54) is 29.9 Å². The van der Waals surface area contributed by atoms with Crippen molar-refractivity contribution in [3.63, 3.8) is 0 Å². The van der Waals surface area contributed by atoms with E-state index in [4.69, 9.17) is 11.6 Å². The molecule has 1 aliphatic rings. The maximum absolute atomic E-state index is 5.91. The van der Waals surface area contributed by atoms with Crippen LogP contribution in [0.1, 0.15) is 30.1 Å². The van der Waals surface area contributed by atoms with Gasteiger partial charge >= 0.3 is 0 Å². The van der Waals surface area contributed by atoms with Crippen LogP contribution < -0.4 is 4.90 Å². The van der Waals surface area contributed by atoms with Gasteiger partial charge in [-0.2, -0.15) is 4.37 Å². The van der Waals surface area contributed by atoms with Crippen molar-refractivity contribution in [3.8, 4) is 0 Å². The van der Waals surface area contributed by atoms with Crippen molar-refractivity contribution in [2.45, 2.75) is 25.3 Å². The second kappa shape index (κ2) is 5.88. The SMILES string of the molecule is ClCCN(Cc1ccccc1)c1nc(C2CC2)ns1. The van der Waals surface area contributed by atoms with Gasteiger partial charge in [0.05, 0.1) is 0 Å². The number of halogens is 1. The summed E-state index contributed by atoms with van der Waals surface area (Å²) in [6, 6.07) is 10.4. The minimum Gasteiger partial charge on any atom is -0.341 e. The van der Waals surface area contributed by atoms with Crippen molar-refractivity contribution in [1.82, 2.24) is 9.36 Å². The predicted octanol–water partition coefficient (Wildman–Crippen LogP) is 3.66.